The molecule has 0 aromatic carbocycles. The van der Waals surface area contributed by atoms with Crippen molar-refractivity contribution < 1.29 is 0 Å². The standard InChI is InChI=1S/C5H5N2/c1-5(3-6)4-7-2/h2,4H,1H3/q+1/b5-4-. The van der Waals surface area contributed by atoms with Crippen molar-refractivity contribution in [1.29, 1.82) is 5.26 Å². The fourth-order valence-corrected chi connectivity index (χ4v) is 0.141. The van der Waals surface area contributed by atoms with E-state index in [0.29, 0.717) is 5.57 Å². The molecule has 0 radical (unpaired) electrons. The summed E-state index contributed by atoms with van der Waals surface area (Å²) in [6.07, 6.45) is 1.31. The lowest BCUT2D eigenvalue weighted by Crippen LogP contribution is -1.59. The van der Waals surface area contributed by atoms with Crippen molar-refractivity contribution in [2.75, 3.05) is 0 Å². The molecule has 0 saturated heterocycles. The van der Waals surface area contributed by atoms with E-state index in [1.165, 1.54) is 6.20 Å². The van der Waals surface area contributed by atoms with Crippen molar-refractivity contribution in [1.82, 2.24) is 0 Å². The van der Waals surface area contributed by atoms with Gasteiger partial charge in [-0.2, -0.15) is 5.26 Å². The molecule has 0 aliphatic rings. The van der Waals surface area contributed by atoms with Crippen LogP contribution >= 0.6 is 0 Å². The maximum absolute atomic E-state index is 8.03. The van der Waals surface area contributed by atoms with Crippen LogP contribution in [-0.4, -0.2) is 0 Å². The Bertz CT molecular complexity index is 154. The van der Waals surface area contributed by atoms with E-state index in [4.69, 9.17) is 11.8 Å². The Kier molecular flexibility index (Phi) is 2.40. The van der Waals surface area contributed by atoms with Crippen LogP contribution in [0.2, 0.25) is 0 Å². The number of rotatable bonds is 0. The fourth-order valence-electron chi connectivity index (χ4n) is 0.141. The van der Waals surface area contributed by atoms with Crippen molar-refractivity contribution in [3.8, 4) is 12.6 Å². The van der Waals surface area contributed by atoms with E-state index in [9.17, 15) is 0 Å². The lowest BCUT2D eigenvalue weighted by atomic mass is 10.4. The average molecular weight is 93.1 g/mol. The molecule has 0 amide bonds. The largest absolute Gasteiger partial charge is 0.318 e. The predicted molar refractivity (Wildman–Crippen MR) is 27.7 cm³/mol. The summed E-state index contributed by atoms with van der Waals surface area (Å²) < 4.78 is 0. The van der Waals surface area contributed by atoms with Crippen LogP contribution in [0.1, 0.15) is 6.92 Å². The zero-order valence-electron chi connectivity index (χ0n) is 4.05. The molecule has 7 heavy (non-hydrogen) atoms. The van der Waals surface area contributed by atoms with E-state index in [1.807, 2.05) is 6.07 Å². The van der Waals surface area contributed by atoms with Gasteiger partial charge in [-0.1, -0.05) is 0 Å². The lowest BCUT2D eigenvalue weighted by molar-refractivity contribution is 1.44. The van der Waals surface area contributed by atoms with E-state index < -0.39 is 0 Å². The van der Waals surface area contributed by atoms with E-state index >= 15 is 0 Å². The molecule has 0 aliphatic heterocycles. The Balaban J connectivity index is 3.89. The summed E-state index contributed by atoms with van der Waals surface area (Å²) in [6, 6.07) is 1.85. The van der Waals surface area contributed by atoms with Gasteiger partial charge in [0.15, 0.2) is 0 Å². The van der Waals surface area contributed by atoms with Crippen molar-refractivity contribution >= 4 is 0 Å². The highest BCUT2D eigenvalue weighted by Gasteiger charge is 1.84. The lowest BCUT2D eigenvalue weighted by Gasteiger charge is -1.61. The molecule has 34 valence electrons. The van der Waals surface area contributed by atoms with Crippen LogP contribution in [0.5, 0.6) is 0 Å². The molecular weight excluding hydrogens is 88.1 g/mol. The highest BCUT2D eigenvalue weighted by Crippen LogP contribution is 1.86. The highest BCUT2D eigenvalue weighted by atomic mass is 14.6. The van der Waals surface area contributed by atoms with Crippen molar-refractivity contribution in [2.45, 2.75) is 6.92 Å². The predicted octanol–water partition coefficient (Wildman–Crippen LogP) is 1.38. The topological polar surface area (TPSA) is 28.1 Å². The molecule has 0 heterocycles. The Hall–Kier alpha value is -1.28. The molecule has 0 N–H and O–H groups in total. The Morgan fingerprint density at radius 3 is 2.71 bits per heavy atom. The zero-order chi connectivity index (χ0) is 5.70. The van der Waals surface area contributed by atoms with Gasteiger partial charge in [-0.05, 0) is 11.8 Å². The highest BCUT2D eigenvalue weighted by molar-refractivity contribution is 5.19. The SMILES string of the molecule is C#[N+]/C=C(/C)C#N. The van der Waals surface area contributed by atoms with Gasteiger partial charge in [0, 0.05) is 0 Å². The first-order valence-corrected chi connectivity index (χ1v) is 1.78. The van der Waals surface area contributed by atoms with Crippen molar-refractivity contribution in [3.63, 3.8) is 0 Å². The van der Waals surface area contributed by atoms with Gasteiger partial charge >= 0.3 is 6.20 Å². The van der Waals surface area contributed by atoms with Crippen LogP contribution in [0, 0.1) is 17.9 Å². The molecule has 0 aromatic heterocycles. The first kappa shape index (κ1) is 5.72. The van der Waals surface area contributed by atoms with Gasteiger partial charge in [0.05, 0.1) is 0 Å². The Morgan fingerprint density at radius 1 is 2.00 bits per heavy atom. The van der Waals surface area contributed by atoms with Crippen LogP contribution in [-0.2, 0) is 0 Å². The van der Waals surface area contributed by atoms with Crippen LogP contribution in [0.15, 0.2) is 11.8 Å². The summed E-state index contributed by atoms with van der Waals surface area (Å²) in [6.45, 7) is 6.34. The minimum Gasteiger partial charge on any atom is -0.193 e. The smallest absolute Gasteiger partial charge is 0.193 e. The second kappa shape index (κ2) is 2.93. The first-order valence-electron chi connectivity index (χ1n) is 1.78. The summed E-state index contributed by atoms with van der Waals surface area (Å²) in [5.74, 6) is 0. The molecule has 2 heteroatoms. The van der Waals surface area contributed by atoms with Gasteiger partial charge in [-0.25, -0.2) is 0 Å². The monoisotopic (exact) mass is 93.0 g/mol. The Labute approximate surface area is 42.5 Å². The fraction of sp³-hybridized carbons (Fsp3) is 0.200. The number of nitrogens with zero attached hydrogens (tertiary/aromatic N) is 2. The van der Waals surface area contributed by atoms with Gasteiger partial charge < -0.3 is 0 Å². The van der Waals surface area contributed by atoms with Gasteiger partial charge in [-0.3, -0.25) is 0 Å². The average Bonchev–Trinajstić information content (AvgIpc) is 1.68. The molecule has 0 unspecified atom stereocenters. The van der Waals surface area contributed by atoms with Crippen LogP contribution < -0.4 is 0 Å². The summed E-state index contributed by atoms with van der Waals surface area (Å²) in [4.78, 5) is 3.12. The summed E-state index contributed by atoms with van der Waals surface area (Å²) in [5, 5.41) is 8.03. The van der Waals surface area contributed by atoms with Crippen molar-refractivity contribution in [3.05, 3.63) is 16.6 Å². The van der Waals surface area contributed by atoms with E-state index in [-0.39, 0.29) is 0 Å². The second-order valence-corrected chi connectivity index (χ2v) is 1.07. The Morgan fingerprint density at radius 2 is 2.57 bits per heavy atom. The zero-order valence-corrected chi connectivity index (χ0v) is 4.05. The third-order valence-corrected chi connectivity index (χ3v) is 0.445. The van der Waals surface area contributed by atoms with Gasteiger partial charge in [0.25, 0.3) is 6.57 Å². The summed E-state index contributed by atoms with van der Waals surface area (Å²) in [5.41, 5.74) is 0.516. The molecule has 0 rings (SSSR count). The van der Waals surface area contributed by atoms with Crippen LogP contribution in [0.25, 0.3) is 4.85 Å². The van der Waals surface area contributed by atoms with Gasteiger partial charge in [0.1, 0.15) is 11.6 Å². The molecule has 0 saturated carbocycles. The number of hydrogen-bond acceptors (Lipinski definition) is 1. The summed E-state index contributed by atoms with van der Waals surface area (Å²) >= 11 is 0. The number of hydrogen-bond donors (Lipinski definition) is 0. The first-order chi connectivity index (χ1) is 3.31. The maximum atomic E-state index is 8.03. The van der Waals surface area contributed by atoms with Crippen LogP contribution in [0.3, 0.4) is 0 Å². The molecular formula is C5H5N2+. The normalized spacial score (nSPS) is 9.29. The molecule has 0 aliphatic carbocycles. The third-order valence-electron chi connectivity index (χ3n) is 0.445. The summed E-state index contributed by atoms with van der Waals surface area (Å²) in [7, 11) is 0. The van der Waals surface area contributed by atoms with E-state index in [0.717, 1.165) is 0 Å². The molecule has 0 atom stereocenters. The van der Waals surface area contributed by atoms with Gasteiger partial charge in [-0.15, -0.1) is 0 Å². The minimum atomic E-state index is 0.516. The van der Waals surface area contributed by atoms with Crippen LogP contribution in [0.4, 0.5) is 0 Å². The second-order valence-electron chi connectivity index (χ2n) is 1.07. The third kappa shape index (κ3) is 2.52. The molecule has 0 aromatic rings. The van der Waals surface area contributed by atoms with Gasteiger partial charge in [0.2, 0.25) is 0 Å². The molecule has 0 fully saturated rings. The number of allylic oxidation sites excluding steroid dienone is 1. The molecule has 0 spiro atoms. The number of nitriles is 1. The van der Waals surface area contributed by atoms with E-state index in [2.05, 4.69) is 4.85 Å². The van der Waals surface area contributed by atoms with E-state index in [1.54, 1.807) is 6.92 Å². The maximum Gasteiger partial charge on any atom is 0.318 e. The molecule has 2 nitrogen and oxygen atoms in total. The minimum absolute atomic E-state index is 0.516. The van der Waals surface area contributed by atoms with Crippen molar-refractivity contribution in [2.24, 2.45) is 0 Å². The quantitative estimate of drug-likeness (QED) is 0.416. The molecule has 0 bridgehead atoms.